The predicted molar refractivity (Wildman–Crippen MR) is 119 cm³/mol. The van der Waals surface area contributed by atoms with Crippen molar-refractivity contribution in [1.82, 2.24) is 5.32 Å². The third kappa shape index (κ3) is 4.48. The number of hydrogen-bond acceptors (Lipinski definition) is 7. The minimum Gasteiger partial charge on any atom is -0.478 e. The van der Waals surface area contributed by atoms with E-state index in [9.17, 15) is 22.4 Å². The number of sulfone groups is 1. The summed E-state index contributed by atoms with van der Waals surface area (Å²) in [5.74, 6) is -1.55. The number of thiocarbonyl (C=S) groups is 1. The molecule has 2 aromatic rings. The van der Waals surface area contributed by atoms with Crippen LogP contribution < -0.4 is 15.0 Å². The Morgan fingerprint density at radius 3 is 2.74 bits per heavy atom. The number of rotatable bonds is 4. The first-order chi connectivity index (χ1) is 14.6. The van der Waals surface area contributed by atoms with Gasteiger partial charge in [-0.05, 0) is 41.5 Å². The molecule has 1 N–H and O–H groups in total. The van der Waals surface area contributed by atoms with Gasteiger partial charge in [-0.3, -0.25) is 9.59 Å². The SMILES string of the molecule is CS(=O)(=O)c1cccc(CN2C(=O)COc3c(F)cc(C=C4SC(=S)NC4=O)cc32)c1. The van der Waals surface area contributed by atoms with Gasteiger partial charge in [-0.25, -0.2) is 12.8 Å². The summed E-state index contributed by atoms with van der Waals surface area (Å²) in [4.78, 5) is 26.2. The second-order valence-electron chi connectivity index (χ2n) is 6.89. The molecule has 2 aliphatic rings. The fourth-order valence-corrected chi connectivity index (χ4v) is 4.91. The molecule has 31 heavy (non-hydrogen) atoms. The molecule has 2 amide bonds. The molecular weight excluding hydrogens is 463 g/mol. The quantitative estimate of drug-likeness (QED) is 0.534. The number of amides is 2. The first-order valence-electron chi connectivity index (χ1n) is 8.92. The first-order valence-corrected chi connectivity index (χ1v) is 12.0. The molecule has 0 unspecified atom stereocenters. The van der Waals surface area contributed by atoms with E-state index in [1.165, 1.54) is 35.2 Å². The normalized spacial score (nSPS) is 17.5. The van der Waals surface area contributed by atoms with Crippen LogP contribution in [0.5, 0.6) is 5.75 Å². The molecule has 2 aromatic carbocycles. The summed E-state index contributed by atoms with van der Waals surface area (Å²) in [6.07, 6.45) is 2.57. The standard InChI is InChI=1S/C20H15FN2O5S3/c1-31(26,27)13-4-2-3-11(5-13)9-23-15-7-12(8-16-19(25)22-20(29)30-16)6-14(21)18(15)28-10-17(23)24/h2-8H,9-10H2,1H3,(H,22,25,29). The van der Waals surface area contributed by atoms with Crippen LogP contribution in [0.25, 0.3) is 6.08 Å². The Kier molecular flexibility index (Phi) is 5.58. The predicted octanol–water partition coefficient (Wildman–Crippen LogP) is 2.64. The number of carbonyl (C=O) groups excluding carboxylic acids is 2. The summed E-state index contributed by atoms with van der Waals surface area (Å²) >= 11 is 6.02. The van der Waals surface area contributed by atoms with Crippen LogP contribution in [0, 0.1) is 5.82 Å². The summed E-state index contributed by atoms with van der Waals surface area (Å²) in [6.45, 7) is -0.319. The summed E-state index contributed by atoms with van der Waals surface area (Å²) in [7, 11) is -3.42. The van der Waals surface area contributed by atoms with Crippen LogP contribution in [0.2, 0.25) is 0 Å². The number of carbonyl (C=O) groups is 2. The van der Waals surface area contributed by atoms with E-state index in [-0.39, 0.29) is 35.4 Å². The Bertz CT molecular complexity index is 1270. The molecule has 0 aromatic heterocycles. The first kappa shape index (κ1) is 21.5. The summed E-state index contributed by atoms with van der Waals surface area (Å²) in [6, 6.07) is 8.95. The maximum absolute atomic E-state index is 14.7. The molecule has 0 bridgehead atoms. The van der Waals surface area contributed by atoms with Gasteiger partial charge in [0.05, 0.1) is 22.0 Å². The number of ether oxygens (including phenoxy) is 1. The van der Waals surface area contributed by atoms with E-state index in [1.807, 2.05) is 0 Å². The third-order valence-electron chi connectivity index (χ3n) is 4.59. The highest BCUT2D eigenvalue weighted by molar-refractivity contribution is 8.26. The fourth-order valence-electron chi connectivity index (χ4n) is 3.18. The second-order valence-corrected chi connectivity index (χ2v) is 10.6. The topological polar surface area (TPSA) is 92.8 Å². The van der Waals surface area contributed by atoms with Crippen molar-refractivity contribution in [2.75, 3.05) is 17.8 Å². The maximum atomic E-state index is 14.7. The average molecular weight is 479 g/mol. The number of halogens is 1. The van der Waals surface area contributed by atoms with E-state index in [4.69, 9.17) is 17.0 Å². The van der Waals surface area contributed by atoms with Crippen molar-refractivity contribution < 1.29 is 27.1 Å². The Labute approximate surface area is 187 Å². The molecule has 7 nitrogen and oxygen atoms in total. The van der Waals surface area contributed by atoms with Crippen molar-refractivity contribution in [1.29, 1.82) is 0 Å². The summed E-state index contributed by atoms with van der Waals surface area (Å²) in [5.41, 5.74) is 1.11. The van der Waals surface area contributed by atoms with Gasteiger partial charge in [-0.1, -0.05) is 36.1 Å². The third-order valence-corrected chi connectivity index (χ3v) is 6.86. The van der Waals surface area contributed by atoms with Crippen LogP contribution >= 0.6 is 24.0 Å². The summed E-state index contributed by atoms with van der Waals surface area (Å²) < 4.78 is 44.0. The number of fused-ring (bicyclic) bond motifs is 1. The number of nitrogens with zero attached hydrogens (tertiary/aromatic N) is 1. The van der Waals surface area contributed by atoms with Gasteiger partial charge < -0.3 is 15.0 Å². The lowest BCUT2D eigenvalue weighted by Crippen LogP contribution is -2.38. The van der Waals surface area contributed by atoms with Gasteiger partial charge in [0.1, 0.15) is 4.32 Å². The number of hydrogen-bond donors (Lipinski definition) is 1. The molecule has 4 rings (SSSR count). The van der Waals surface area contributed by atoms with Gasteiger partial charge in [0, 0.05) is 6.26 Å². The van der Waals surface area contributed by atoms with Crippen LogP contribution in [-0.4, -0.2) is 37.4 Å². The molecule has 1 saturated heterocycles. The average Bonchev–Trinajstić information content (AvgIpc) is 3.00. The number of anilines is 1. The zero-order valence-corrected chi connectivity index (χ0v) is 18.5. The second kappa shape index (κ2) is 8.06. The highest BCUT2D eigenvalue weighted by atomic mass is 32.2. The van der Waals surface area contributed by atoms with Crippen LogP contribution in [0.3, 0.4) is 0 Å². The molecule has 11 heteroatoms. The molecule has 160 valence electrons. The van der Waals surface area contributed by atoms with Crippen LogP contribution in [-0.2, 0) is 26.0 Å². The Morgan fingerprint density at radius 1 is 1.29 bits per heavy atom. The molecular formula is C20H15FN2O5S3. The van der Waals surface area contributed by atoms with Crippen LogP contribution in [0.4, 0.5) is 10.1 Å². The van der Waals surface area contributed by atoms with Crippen molar-refractivity contribution in [2.24, 2.45) is 0 Å². The lowest BCUT2D eigenvalue weighted by Gasteiger charge is -2.30. The van der Waals surface area contributed by atoms with Gasteiger partial charge >= 0.3 is 0 Å². The molecule has 0 radical (unpaired) electrons. The molecule has 0 saturated carbocycles. The van der Waals surface area contributed by atoms with Crippen molar-refractivity contribution >= 4 is 61.7 Å². The van der Waals surface area contributed by atoms with Crippen molar-refractivity contribution in [2.45, 2.75) is 11.4 Å². The van der Waals surface area contributed by atoms with E-state index in [0.29, 0.717) is 20.4 Å². The lowest BCUT2D eigenvalue weighted by atomic mass is 10.1. The minimum absolute atomic E-state index is 0.0251. The Hall–Kier alpha value is -2.76. The van der Waals surface area contributed by atoms with Gasteiger partial charge in [-0.2, -0.15) is 0 Å². The number of benzene rings is 2. The van der Waals surface area contributed by atoms with Gasteiger partial charge in [0.15, 0.2) is 28.0 Å². The molecule has 2 heterocycles. The smallest absolute Gasteiger partial charge is 0.265 e. The van der Waals surface area contributed by atoms with E-state index in [2.05, 4.69) is 5.32 Å². The van der Waals surface area contributed by atoms with E-state index in [0.717, 1.165) is 18.0 Å². The molecule has 0 aliphatic carbocycles. The highest BCUT2D eigenvalue weighted by Gasteiger charge is 2.29. The van der Waals surface area contributed by atoms with E-state index >= 15 is 0 Å². The van der Waals surface area contributed by atoms with Gasteiger partial charge in [0.2, 0.25) is 0 Å². The minimum atomic E-state index is -3.42. The van der Waals surface area contributed by atoms with Crippen molar-refractivity contribution in [3.05, 3.63) is 58.2 Å². The maximum Gasteiger partial charge on any atom is 0.265 e. The lowest BCUT2D eigenvalue weighted by molar-refractivity contribution is -0.121. The van der Waals surface area contributed by atoms with Crippen molar-refractivity contribution in [3.8, 4) is 5.75 Å². The number of nitrogens with one attached hydrogen (secondary N) is 1. The number of thioether (sulfide) groups is 1. The zero-order valence-electron chi connectivity index (χ0n) is 16.0. The molecule has 1 fully saturated rings. The molecule has 0 spiro atoms. The van der Waals surface area contributed by atoms with Crippen LogP contribution in [0.15, 0.2) is 46.2 Å². The van der Waals surface area contributed by atoms with E-state index < -0.39 is 21.6 Å². The monoisotopic (exact) mass is 478 g/mol. The highest BCUT2D eigenvalue weighted by Crippen LogP contribution is 2.38. The largest absolute Gasteiger partial charge is 0.478 e. The van der Waals surface area contributed by atoms with Gasteiger partial charge in [0.25, 0.3) is 11.8 Å². The fraction of sp³-hybridized carbons (Fsp3) is 0.150. The molecule has 2 aliphatic heterocycles. The van der Waals surface area contributed by atoms with Gasteiger partial charge in [-0.15, -0.1) is 0 Å². The Balaban J connectivity index is 1.73. The van der Waals surface area contributed by atoms with E-state index in [1.54, 1.807) is 12.1 Å². The zero-order chi connectivity index (χ0) is 22.3. The molecule has 0 atom stereocenters. The van der Waals surface area contributed by atoms with Crippen molar-refractivity contribution in [3.63, 3.8) is 0 Å². The Morgan fingerprint density at radius 2 is 2.06 bits per heavy atom. The van der Waals surface area contributed by atoms with Crippen LogP contribution in [0.1, 0.15) is 11.1 Å². The summed E-state index contributed by atoms with van der Waals surface area (Å²) in [5, 5.41) is 2.49.